The Balaban J connectivity index is 1.71. The first kappa shape index (κ1) is 21.9. The number of para-hydroxylation sites is 1. The Kier molecular flexibility index (Phi) is 5.90. The number of amidine groups is 1. The van der Waals surface area contributed by atoms with Crippen molar-refractivity contribution in [2.45, 2.75) is 17.9 Å². The Morgan fingerprint density at radius 1 is 0.735 bits per heavy atom. The van der Waals surface area contributed by atoms with Gasteiger partial charge < -0.3 is 0 Å². The number of rotatable bonds is 5. The lowest BCUT2D eigenvalue weighted by molar-refractivity contribution is 0.454. The SMILES string of the molecule is Cc1ccc(S(=O)(=O)N2CC(c3ccccc3)N(c3ccccc3)N=C2c2ccccc2)cc1. The van der Waals surface area contributed by atoms with Gasteiger partial charge in [-0.15, -0.1) is 0 Å². The number of aryl methyl sites for hydroxylation is 1. The lowest BCUT2D eigenvalue weighted by Crippen LogP contribution is -2.48. The molecule has 34 heavy (non-hydrogen) atoms. The minimum absolute atomic E-state index is 0.225. The quantitative estimate of drug-likeness (QED) is 0.383. The maximum Gasteiger partial charge on any atom is 0.265 e. The summed E-state index contributed by atoms with van der Waals surface area (Å²) < 4.78 is 29.3. The Labute approximate surface area is 200 Å². The highest BCUT2D eigenvalue weighted by molar-refractivity contribution is 7.89. The van der Waals surface area contributed by atoms with Gasteiger partial charge in [-0.05, 0) is 36.8 Å². The summed E-state index contributed by atoms with van der Waals surface area (Å²) in [4.78, 5) is 0.252. The van der Waals surface area contributed by atoms with Crippen LogP contribution in [0.5, 0.6) is 0 Å². The van der Waals surface area contributed by atoms with Gasteiger partial charge in [0, 0.05) is 5.56 Å². The Hall–Kier alpha value is -3.90. The van der Waals surface area contributed by atoms with E-state index >= 15 is 0 Å². The number of hydrogen-bond acceptors (Lipinski definition) is 4. The molecule has 1 unspecified atom stereocenters. The molecule has 0 N–H and O–H groups in total. The van der Waals surface area contributed by atoms with E-state index in [4.69, 9.17) is 5.10 Å². The molecule has 0 amide bonds. The first-order valence-corrected chi connectivity index (χ1v) is 12.6. The number of hydrogen-bond donors (Lipinski definition) is 0. The molecule has 1 aliphatic rings. The zero-order valence-corrected chi connectivity index (χ0v) is 19.6. The molecule has 4 aromatic carbocycles. The second kappa shape index (κ2) is 9.15. The van der Waals surface area contributed by atoms with Crippen molar-refractivity contribution < 1.29 is 8.42 Å². The van der Waals surface area contributed by atoms with Crippen LogP contribution in [-0.4, -0.2) is 25.1 Å². The number of nitrogens with zero attached hydrogens (tertiary/aromatic N) is 3. The lowest BCUT2D eigenvalue weighted by atomic mass is 10.0. The van der Waals surface area contributed by atoms with Gasteiger partial charge in [0.25, 0.3) is 10.0 Å². The largest absolute Gasteiger partial charge is 0.265 e. The van der Waals surface area contributed by atoms with E-state index in [1.165, 1.54) is 4.31 Å². The fourth-order valence-corrected chi connectivity index (χ4v) is 5.56. The predicted octanol–water partition coefficient (Wildman–Crippen LogP) is 5.61. The van der Waals surface area contributed by atoms with Gasteiger partial charge in [0.05, 0.1) is 23.2 Å². The zero-order chi connectivity index (χ0) is 23.5. The van der Waals surface area contributed by atoms with Gasteiger partial charge in [-0.2, -0.15) is 5.10 Å². The molecule has 0 aromatic heterocycles. The Morgan fingerprint density at radius 3 is 1.91 bits per heavy atom. The van der Waals surface area contributed by atoms with Crippen molar-refractivity contribution in [2.24, 2.45) is 5.10 Å². The summed E-state index contributed by atoms with van der Waals surface area (Å²) in [5.74, 6) is 0.400. The zero-order valence-electron chi connectivity index (χ0n) is 18.8. The van der Waals surface area contributed by atoms with Crippen molar-refractivity contribution in [3.8, 4) is 0 Å². The van der Waals surface area contributed by atoms with Crippen LogP contribution in [0, 0.1) is 6.92 Å². The third-order valence-corrected chi connectivity index (χ3v) is 7.69. The number of sulfonamides is 1. The van der Waals surface area contributed by atoms with Gasteiger partial charge in [0.15, 0.2) is 5.84 Å². The molecular formula is C28H25N3O2S. The van der Waals surface area contributed by atoms with E-state index in [0.29, 0.717) is 5.84 Å². The lowest BCUT2D eigenvalue weighted by Gasteiger charge is -2.40. The van der Waals surface area contributed by atoms with Gasteiger partial charge >= 0.3 is 0 Å². The van der Waals surface area contributed by atoms with Crippen LogP contribution in [0.15, 0.2) is 125 Å². The molecule has 0 fully saturated rings. The Bertz CT molecular complexity index is 1390. The topological polar surface area (TPSA) is 53.0 Å². The average molecular weight is 468 g/mol. The molecule has 1 aliphatic heterocycles. The minimum Gasteiger partial charge on any atom is -0.254 e. The molecule has 170 valence electrons. The van der Waals surface area contributed by atoms with Crippen LogP contribution >= 0.6 is 0 Å². The first-order valence-electron chi connectivity index (χ1n) is 11.2. The van der Waals surface area contributed by atoms with E-state index < -0.39 is 10.0 Å². The van der Waals surface area contributed by atoms with E-state index in [9.17, 15) is 8.42 Å². The summed E-state index contributed by atoms with van der Waals surface area (Å²) in [5.41, 5.74) is 3.64. The summed E-state index contributed by atoms with van der Waals surface area (Å²) in [6.07, 6.45) is 0. The number of benzene rings is 4. The molecule has 0 spiro atoms. The minimum atomic E-state index is -3.85. The third kappa shape index (κ3) is 4.20. The van der Waals surface area contributed by atoms with Crippen LogP contribution in [0.1, 0.15) is 22.7 Å². The third-order valence-electron chi connectivity index (χ3n) is 5.92. The highest BCUT2D eigenvalue weighted by atomic mass is 32.2. The van der Waals surface area contributed by atoms with Crippen molar-refractivity contribution in [2.75, 3.05) is 11.6 Å². The molecule has 5 nitrogen and oxygen atoms in total. The molecule has 6 heteroatoms. The fraction of sp³-hybridized carbons (Fsp3) is 0.107. The highest BCUT2D eigenvalue weighted by Crippen LogP contribution is 2.35. The van der Waals surface area contributed by atoms with Crippen LogP contribution in [0.2, 0.25) is 0 Å². The monoisotopic (exact) mass is 467 g/mol. The average Bonchev–Trinajstić information content (AvgIpc) is 2.90. The van der Waals surface area contributed by atoms with Crippen molar-refractivity contribution >= 4 is 21.5 Å². The van der Waals surface area contributed by atoms with Gasteiger partial charge in [-0.3, -0.25) is 5.01 Å². The van der Waals surface area contributed by atoms with Gasteiger partial charge in [-0.25, -0.2) is 12.7 Å². The van der Waals surface area contributed by atoms with Gasteiger partial charge in [0.2, 0.25) is 0 Å². The smallest absolute Gasteiger partial charge is 0.254 e. The maximum atomic E-state index is 13.9. The van der Waals surface area contributed by atoms with Crippen LogP contribution in [0.25, 0.3) is 0 Å². The van der Waals surface area contributed by atoms with E-state index in [1.54, 1.807) is 12.1 Å². The maximum absolute atomic E-state index is 13.9. The molecular weight excluding hydrogens is 442 g/mol. The van der Waals surface area contributed by atoms with E-state index in [-0.39, 0.29) is 17.5 Å². The summed E-state index contributed by atoms with van der Waals surface area (Å²) in [6.45, 7) is 2.17. The van der Waals surface area contributed by atoms with Gasteiger partial charge in [-0.1, -0.05) is 96.6 Å². The van der Waals surface area contributed by atoms with Crippen LogP contribution < -0.4 is 5.01 Å². The second-order valence-electron chi connectivity index (χ2n) is 8.25. The predicted molar refractivity (Wildman–Crippen MR) is 136 cm³/mol. The molecule has 0 saturated heterocycles. The molecule has 0 saturated carbocycles. The molecule has 0 aliphatic carbocycles. The van der Waals surface area contributed by atoms with Crippen molar-refractivity contribution in [1.82, 2.24) is 4.31 Å². The normalized spacial score (nSPS) is 16.3. The van der Waals surface area contributed by atoms with Crippen molar-refractivity contribution in [3.05, 3.63) is 132 Å². The van der Waals surface area contributed by atoms with Crippen LogP contribution in [0.4, 0.5) is 5.69 Å². The molecule has 4 aromatic rings. The molecule has 0 bridgehead atoms. The standard InChI is InChI=1S/C28H25N3O2S/c1-22-17-19-26(20-18-22)34(32,33)30-21-27(23-11-5-2-6-12-23)31(25-15-9-4-10-16-25)29-28(30)24-13-7-3-8-14-24/h2-20,27H,21H2,1H3. The molecule has 1 atom stereocenters. The van der Waals surface area contributed by atoms with Crippen molar-refractivity contribution in [3.63, 3.8) is 0 Å². The fourth-order valence-electron chi connectivity index (χ4n) is 4.12. The van der Waals surface area contributed by atoms with Gasteiger partial charge in [0.1, 0.15) is 0 Å². The highest BCUT2D eigenvalue weighted by Gasteiger charge is 2.38. The second-order valence-corrected chi connectivity index (χ2v) is 10.1. The summed E-state index contributed by atoms with van der Waals surface area (Å²) in [5, 5.41) is 6.90. The molecule has 5 rings (SSSR count). The number of hydrazone groups is 1. The first-order chi connectivity index (χ1) is 16.5. The van der Waals surface area contributed by atoms with E-state index in [0.717, 1.165) is 22.4 Å². The molecule has 1 heterocycles. The summed E-state index contributed by atoms with van der Waals surface area (Å²) >= 11 is 0. The molecule has 0 radical (unpaired) electrons. The van der Waals surface area contributed by atoms with Crippen LogP contribution in [0.3, 0.4) is 0 Å². The van der Waals surface area contributed by atoms with E-state index in [1.807, 2.05) is 115 Å². The van der Waals surface area contributed by atoms with Crippen molar-refractivity contribution in [1.29, 1.82) is 0 Å². The van der Waals surface area contributed by atoms with Crippen LogP contribution in [-0.2, 0) is 10.0 Å². The Morgan fingerprint density at radius 2 is 1.29 bits per heavy atom. The number of anilines is 1. The summed E-state index contributed by atoms with van der Waals surface area (Å²) in [7, 11) is -3.85. The summed E-state index contributed by atoms with van der Waals surface area (Å²) in [6, 6.07) is 35.9. The van der Waals surface area contributed by atoms with E-state index in [2.05, 4.69) is 0 Å².